The van der Waals surface area contributed by atoms with Crippen LogP contribution in [0.4, 0.5) is 0 Å². The number of nitrogens with zero attached hydrogens (tertiary/aromatic N) is 2. The largest absolute Gasteiger partial charge is 0.485 e. The fourth-order valence-corrected chi connectivity index (χ4v) is 2.07. The van der Waals surface area contributed by atoms with Crippen LogP contribution in [0.3, 0.4) is 0 Å². The van der Waals surface area contributed by atoms with Crippen molar-refractivity contribution in [3.8, 4) is 5.75 Å². The second-order valence-corrected chi connectivity index (χ2v) is 4.33. The molecule has 0 amide bonds. The average molecular weight is 268 g/mol. The molecular formula is C15H12N2O3. The Morgan fingerprint density at radius 1 is 1.25 bits per heavy atom. The van der Waals surface area contributed by atoms with Gasteiger partial charge in [-0.05, 0) is 16.8 Å². The highest BCUT2D eigenvalue weighted by Crippen LogP contribution is 2.27. The first-order valence-corrected chi connectivity index (χ1v) is 6.17. The number of hydrogen-bond acceptors (Lipinski definition) is 5. The van der Waals surface area contributed by atoms with E-state index in [2.05, 4.69) is 10.1 Å². The first kappa shape index (κ1) is 12.3. The molecule has 5 nitrogen and oxygen atoms in total. The number of rotatable bonds is 4. The number of aryl methyl sites for hydroxylation is 1. The second-order valence-electron chi connectivity index (χ2n) is 4.33. The molecule has 0 spiro atoms. The van der Waals surface area contributed by atoms with E-state index in [1.807, 2.05) is 30.3 Å². The molecule has 0 fully saturated rings. The molecule has 1 aromatic heterocycles. The van der Waals surface area contributed by atoms with Gasteiger partial charge in [-0.3, -0.25) is 4.79 Å². The third-order valence-electron chi connectivity index (χ3n) is 2.97. The molecule has 0 unspecified atom stereocenters. The zero-order valence-corrected chi connectivity index (χ0v) is 10.9. The highest BCUT2D eigenvalue weighted by Gasteiger charge is 2.09. The van der Waals surface area contributed by atoms with Crippen LogP contribution in [0.1, 0.15) is 22.1 Å². The molecule has 3 rings (SSSR count). The van der Waals surface area contributed by atoms with Crippen LogP contribution < -0.4 is 4.74 Å². The molecule has 0 aliphatic carbocycles. The van der Waals surface area contributed by atoms with E-state index in [-0.39, 0.29) is 6.61 Å². The molecule has 0 radical (unpaired) electrons. The predicted octanol–water partition coefficient (Wildman–Crippen LogP) is 2.92. The van der Waals surface area contributed by atoms with Crippen molar-refractivity contribution in [1.82, 2.24) is 10.1 Å². The Morgan fingerprint density at radius 2 is 2.10 bits per heavy atom. The van der Waals surface area contributed by atoms with Gasteiger partial charge in [0.25, 0.3) is 0 Å². The second kappa shape index (κ2) is 5.13. The summed E-state index contributed by atoms with van der Waals surface area (Å²) in [5.74, 6) is 1.45. The van der Waals surface area contributed by atoms with E-state index in [0.29, 0.717) is 23.0 Å². The van der Waals surface area contributed by atoms with Gasteiger partial charge in [0.05, 0.1) is 5.56 Å². The van der Waals surface area contributed by atoms with Gasteiger partial charge in [-0.2, -0.15) is 4.98 Å². The lowest BCUT2D eigenvalue weighted by molar-refractivity contribution is 0.112. The zero-order chi connectivity index (χ0) is 13.9. The molecule has 0 aliphatic rings. The summed E-state index contributed by atoms with van der Waals surface area (Å²) in [5, 5.41) is 5.61. The standard InChI is InChI=1S/C15H12N2O3/c1-10-16-15(17-20-10)9-19-14-7-6-11-4-2-3-5-12(11)13(14)8-18/h2-8H,9H2,1H3. The van der Waals surface area contributed by atoms with Crippen molar-refractivity contribution in [1.29, 1.82) is 0 Å². The van der Waals surface area contributed by atoms with Gasteiger partial charge in [-0.1, -0.05) is 35.5 Å². The number of carbonyl (C=O) groups excluding carboxylic acids is 1. The monoisotopic (exact) mass is 268 g/mol. The Balaban J connectivity index is 1.93. The number of aromatic nitrogens is 2. The number of fused-ring (bicyclic) bond motifs is 1. The zero-order valence-electron chi connectivity index (χ0n) is 10.9. The molecule has 0 bridgehead atoms. The molecule has 0 saturated carbocycles. The van der Waals surface area contributed by atoms with Crippen LogP contribution in [0, 0.1) is 6.92 Å². The summed E-state index contributed by atoms with van der Waals surface area (Å²) in [6, 6.07) is 11.4. The molecule has 0 aliphatic heterocycles. The van der Waals surface area contributed by atoms with Gasteiger partial charge >= 0.3 is 0 Å². The van der Waals surface area contributed by atoms with Crippen molar-refractivity contribution in [2.45, 2.75) is 13.5 Å². The maximum atomic E-state index is 11.3. The van der Waals surface area contributed by atoms with Crippen LogP contribution in [0.15, 0.2) is 40.9 Å². The summed E-state index contributed by atoms with van der Waals surface area (Å²) in [7, 11) is 0. The van der Waals surface area contributed by atoms with E-state index < -0.39 is 0 Å². The molecule has 1 heterocycles. The van der Waals surface area contributed by atoms with E-state index in [0.717, 1.165) is 17.1 Å². The number of ether oxygens (including phenoxy) is 1. The Morgan fingerprint density at radius 3 is 2.85 bits per heavy atom. The van der Waals surface area contributed by atoms with Crippen LogP contribution >= 0.6 is 0 Å². The molecule has 3 aromatic rings. The molecular weight excluding hydrogens is 256 g/mol. The SMILES string of the molecule is Cc1nc(COc2ccc3ccccc3c2C=O)no1. The van der Waals surface area contributed by atoms with E-state index in [1.54, 1.807) is 13.0 Å². The van der Waals surface area contributed by atoms with Gasteiger partial charge in [-0.15, -0.1) is 0 Å². The number of hydrogen-bond donors (Lipinski definition) is 0. The summed E-state index contributed by atoms with van der Waals surface area (Å²) < 4.78 is 10.5. The maximum Gasteiger partial charge on any atom is 0.223 e. The Labute approximate surface area is 115 Å². The summed E-state index contributed by atoms with van der Waals surface area (Å²) in [4.78, 5) is 15.4. The van der Waals surface area contributed by atoms with E-state index in [9.17, 15) is 4.79 Å². The summed E-state index contributed by atoms with van der Waals surface area (Å²) in [5.41, 5.74) is 0.531. The van der Waals surface area contributed by atoms with Gasteiger partial charge in [0, 0.05) is 6.92 Å². The third-order valence-corrected chi connectivity index (χ3v) is 2.97. The summed E-state index contributed by atoms with van der Waals surface area (Å²) in [6.07, 6.45) is 0.805. The maximum absolute atomic E-state index is 11.3. The minimum absolute atomic E-state index is 0.163. The van der Waals surface area contributed by atoms with E-state index >= 15 is 0 Å². The van der Waals surface area contributed by atoms with Crippen LogP contribution in [0.5, 0.6) is 5.75 Å². The molecule has 5 heteroatoms. The van der Waals surface area contributed by atoms with Crippen LogP contribution in [0.25, 0.3) is 10.8 Å². The van der Waals surface area contributed by atoms with Crippen molar-refractivity contribution >= 4 is 17.1 Å². The van der Waals surface area contributed by atoms with Gasteiger partial charge in [-0.25, -0.2) is 0 Å². The minimum atomic E-state index is 0.163. The molecule has 0 atom stereocenters. The van der Waals surface area contributed by atoms with Gasteiger partial charge in [0.2, 0.25) is 11.7 Å². The molecule has 0 saturated heterocycles. The van der Waals surface area contributed by atoms with Crippen molar-refractivity contribution in [3.63, 3.8) is 0 Å². The van der Waals surface area contributed by atoms with Crippen LogP contribution in [-0.2, 0) is 6.61 Å². The first-order valence-electron chi connectivity index (χ1n) is 6.17. The molecule has 100 valence electrons. The fraction of sp³-hybridized carbons (Fsp3) is 0.133. The Bertz CT molecular complexity index is 765. The minimum Gasteiger partial charge on any atom is -0.485 e. The van der Waals surface area contributed by atoms with Crippen LogP contribution in [0.2, 0.25) is 0 Å². The highest BCUT2D eigenvalue weighted by molar-refractivity contribution is 6.00. The van der Waals surface area contributed by atoms with Crippen molar-refractivity contribution in [2.75, 3.05) is 0 Å². The summed E-state index contributed by atoms with van der Waals surface area (Å²) in [6.45, 7) is 1.87. The number of benzene rings is 2. The predicted molar refractivity (Wildman–Crippen MR) is 72.7 cm³/mol. The first-order chi connectivity index (χ1) is 9.78. The van der Waals surface area contributed by atoms with Crippen molar-refractivity contribution < 1.29 is 14.1 Å². The lowest BCUT2D eigenvalue weighted by Gasteiger charge is -2.09. The number of carbonyl (C=O) groups is 1. The topological polar surface area (TPSA) is 65.2 Å². The Hall–Kier alpha value is -2.69. The lowest BCUT2D eigenvalue weighted by atomic mass is 10.0. The summed E-state index contributed by atoms with van der Waals surface area (Å²) >= 11 is 0. The molecule has 2 aromatic carbocycles. The van der Waals surface area contributed by atoms with Gasteiger partial charge in [0.1, 0.15) is 5.75 Å². The Kier molecular flexibility index (Phi) is 3.16. The fourth-order valence-electron chi connectivity index (χ4n) is 2.07. The van der Waals surface area contributed by atoms with Gasteiger partial charge in [0.15, 0.2) is 12.9 Å². The lowest BCUT2D eigenvalue weighted by Crippen LogP contribution is -2.00. The van der Waals surface area contributed by atoms with E-state index in [1.165, 1.54) is 0 Å². The smallest absolute Gasteiger partial charge is 0.223 e. The average Bonchev–Trinajstić information content (AvgIpc) is 2.90. The molecule has 0 N–H and O–H groups in total. The quantitative estimate of drug-likeness (QED) is 0.681. The number of aldehydes is 1. The highest BCUT2D eigenvalue weighted by atomic mass is 16.5. The van der Waals surface area contributed by atoms with Crippen molar-refractivity contribution in [3.05, 3.63) is 53.7 Å². The van der Waals surface area contributed by atoms with Gasteiger partial charge < -0.3 is 9.26 Å². The third kappa shape index (κ3) is 2.25. The van der Waals surface area contributed by atoms with Crippen molar-refractivity contribution in [2.24, 2.45) is 0 Å². The van der Waals surface area contributed by atoms with Crippen LogP contribution in [-0.4, -0.2) is 16.4 Å². The molecule has 20 heavy (non-hydrogen) atoms. The van der Waals surface area contributed by atoms with E-state index in [4.69, 9.17) is 9.26 Å². The normalized spacial score (nSPS) is 10.7.